The van der Waals surface area contributed by atoms with Crippen molar-refractivity contribution in [3.63, 3.8) is 0 Å². The highest BCUT2D eigenvalue weighted by Crippen LogP contribution is 2.18. The molecule has 3 aromatic rings. The van der Waals surface area contributed by atoms with Gasteiger partial charge < -0.3 is 14.4 Å². The minimum absolute atomic E-state index is 0.134. The van der Waals surface area contributed by atoms with E-state index in [1.54, 1.807) is 18.7 Å². The van der Waals surface area contributed by atoms with E-state index in [-0.39, 0.29) is 18.9 Å². The summed E-state index contributed by atoms with van der Waals surface area (Å²) in [7, 11) is 3.22. The Morgan fingerprint density at radius 3 is 2.69 bits per heavy atom. The molecule has 2 heterocycles. The van der Waals surface area contributed by atoms with Crippen LogP contribution in [0, 0.1) is 13.8 Å². The van der Waals surface area contributed by atoms with E-state index in [0.29, 0.717) is 23.9 Å². The average Bonchev–Trinajstić information content (AvgIpc) is 3.09. The second kappa shape index (κ2) is 8.68. The Hall–Kier alpha value is -3.49. The van der Waals surface area contributed by atoms with Gasteiger partial charge in [-0.3, -0.25) is 9.59 Å². The number of aromatic nitrogens is 4. The number of carbonyl (C=O) groups excluding carboxylic acids is 2. The molecule has 0 fully saturated rings. The zero-order chi connectivity index (χ0) is 21.0. The van der Waals surface area contributed by atoms with E-state index in [1.807, 2.05) is 44.2 Å². The molecule has 9 heteroatoms. The van der Waals surface area contributed by atoms with Gasteiger partial charge in [0.1, 0.15) is 12.2 Å². The smallest absolute Gasteiger partial charge is 0.314 e. The normalized spacial score (nSPS) is 10.8. The predicted molar refractivity (Wildman–Crippen MR) is 104 cm³/mol. The summed E-state index contributed by atoms with van der Waals surface area (Å²) in [6.07, 6.45) is -0.134. The van der Waals surface area contributed by atoms with Crippen molar-refractivity contribution in [1.82, 2.24) is 24.5 Å². The number of likely N-dealkylation sites (N-methyl/N-ethyl adjacent to an activating group) is 1. The van der Waals surface area contributed by atoms with Crippen LogP contribution in [0.4, 0.5) is 0 Å². The highest BCUT2D eigenvalue weighted by molar-refractivity contribution is 5.81. The predicted octanol–water partition coefficient (Wildman–Crippen LogP) is 1.49. The van der Waals surface area contributed by atoms with Crippen LogP contribution >= 0.6 is 0 Å². The molecule has 1 amide bonds. The second-order valence-electron chi connectivity index (χ2n) is 6.68. The van der Waals surface area contributed by atoms with Crippen LogP contribution in [0.15, 0.2) is 30.3 Å². The molecule has 152 valence electrons. The van der Waals surface area contributed by atoms with Crippen molar-refractivity contribution < 1.29 is 19.1 Å². The fraction of sp³-hybridized carbons (Fsp3) is 0.350. The van der Waals surface area contributed by atoms with E-state index in [4.69, 9.17) is 9.47 Å². The first-order valence-electron chi connectivity index (χ1n) is 9.08. The molecule has 0 aliphatic heterocycles. The van der Waals surface area contributed by atoms with Gasteiger partial charge in [0.25, 0.3) is 11.7 Å². The van der Waals surface area contributed by atoms with Gasteiger partial charge >= 0.3 is 5.97 Å². The van der Waals surface area contributed by atoms with Crippen LogP contribution in [0.25, 0.3) is 5.78 Å². The van der Waals surface area contributed by atoms with Crippen LogP contribution < -0.4 is 4.74 Å². The monoisotopic (exact) mass is 397 g/mol. The van der Waals surface area contributed by atoms with E-state index in [0.717, 1.165) is 17.0 Å². The highest BCUT2D eigenvalue weighted by Gasteiger charge is 2.17. The molecule has 0 spiro atoms. The number of nitrogens with zero attached hydrogens (tertiary/aromatic N) is 5. The number of methoxy groups -OCH3 is 1. The topological polar surface area (TPSA) is 98.9 Å². The first kappa shape index (κ1) is 20.2. The number of ether oxygens (including phenoxy) is 2. The fourth-order valence-corrected chi connectivity index (χ4v) is 2.89. The van der Waals surface area contributed by atoms with Crippen LogP contribution in [0.1, 0.15) is 22.8 Å². The lowest BCUT2D eigenvalue weighted by molar-refractivity contribution is -0.151. The standard InChI is InChI=1S/C20H23N5O4/c1-13-9-14(2)25-20(21-13)22-17(23-25)10-19(27)29-12-18(26)24(3)11-15-7-5-6-8-16(15)28-4/h5-9H,10-12H2,1-4H3. The average molecular weight is 397 g/mol. The zero-order valence-corrected chi connectivity index (χ0v) is 16.9. The van der Waals surface area contributed by atoms with Crippen LogP contribution in [0.5, 0.6) is 5.75 Å². The molecule has 0 aliphatic rings. The lowest BCUT2D eigenvalue weighted by atomic mass is 10.2. The van der Waals surface area contributed by atoms with Gasteiger partial charge in [-0.1, -0.05) is 18.2 Å². The van der Waals surface area contributed by atoms with Crippen LogP contribution in [-0.2, 0) is 27.3 Å². The van der Waals surface area contributed by atoms with Crippen molar-refractivity contribution in [2.75, 3.05) is 20.8 Å². The largest absolute Gasteiger partial charge is 0.496 e. The quantitative estimate of drug-likeness (QED) is 0.557. The van der Waals surface area contributed by atoms with Gasteiger partial charge in [-0.2, -0.15) is 4.98 Å². The summed E-state index contributed by atoms with van der Waals surface area (Å²) >= 11 is 0. The molecule has 29 heavy (non-hydrogen) atoms. The summed E-state index contributed by atoms with van der Waals surface area (Å²) in [5.41, 5.74) is 2.55. The lowest BCUT2D eigenvalue weighted by Gasteiger charge is -2.18. The number of para-hydroxylation sites is 1. The SMILES string of the molecule is COc1ccccc1CN(C)C(=O)COC(=O)Cc1nc2nc(C)cc(C)n2n1. The Morgan fingerprint density at radius 1 is 1.17 bits per heavy atom. The first-order valence-corrected chi connectivity index (χ1v) is 9.08. The summed E-state index contributed by atoms with van der Waals surface area (Å²) in [5, 5.41) is 4.26. The maximum atomic E-state index is 12.3. The number of amides is 1. The highest BCUT2D eigenvalue weighted by atomic mass is 16.5. The van der Waals surface area contributed by atoms with Crippen molar-refractivity contribution >= 4 is 17.7 Å². The molecular weight excluding hydrogens is 374 g/mol. The lowest BCUT2D eigenvalue weighted by Crippen LogP contribution is -2.31. The second-order valence-corrected chi connectivity index (χ2v) is 6.68. The van der Waals surface area contributed by atoms with E-state index in [1.165, 1.54) is 4.90 Å². The molecular formula is C20H23N5O4. The van der Waals surface area contributed by atoms with E-state index in [2.05, 4.69) is 15.1 Å². The number of aryl methyl sites for hydroxylation is 2. The van der Waals surface area contributed by atoms with Crippen molar-refractivity contribution in [1.29, 1.82) is 0 Å². The number of carbonyl (C=O) groups is 2. The van der Waals surface area contributed by atoms with Crippen molar-refractivity contribution in [3.05, 3.63) is 53.1 Å². The molecule has 0 atom stereocenters. The number of rotatable bonds is 7. The summed E-state index contributed by atoms with van der Waals surface area (Å²) in [5.74, 6) is 0.528. The van der Waals surface area contributed by atoms with E-state index in [9.17, 15) is 9.59 Å². The number of fused-ring (bicyclic) bond motifs is 1. The zero-order valence-electron chi connectivity index (χ0n) is 16.9. The van der Waals surface area contributed by atoms with Gasteiger partial charge in [0.05, 0.1) is 7.11 Å². The molecule has 1 aromatic carbocycles. The van der Waals surface area contributed by atoms with Gasteiger partial charge in [0.2, 0.25) is 0 Å². The molecule has 9 nitrogen and oxygen atoms in total. The van der Waals surface area contributed by atoms with Crippen molar-refractivity contribution in [2.45, 2.75) is 26.8 Å². The molecule has 0 bridgehead atoms. The summed E-state index contributed by atoms with van der Waals surface area (Å²) in [6.45, 7) is 3.74. The summed E-state index contributed by atoms with van der Waals surface area (Å²) < 4.78 is 12.0. The number of hydrogen-bond donors (Lipinski definition) is 0. The maximum absolute atomic E-state index is 12.3. The van der Waals surface area contributed by atoms with Crippen LogP contribution in [0.2, 0.25) is 0 Å². The summed E-state index contributed by atoms with van der Waals surface area (Å²) in [4.78, 5) is 34.4. The van der Waals surface area contributed by atoms with Gasteiger partial charge in [-0.15, -0.1) is 5.10 Å². The van der Waals surface area contributed by atoms with Crippen molar-refractivity contribution in [2.24, 2.45) is 0 Å². The first-order chi connectivity index (χ1) is 13.9. The Labute approximate surface area is 168 Å². The van der Waals surface area contributed by atoms with E-state index < -0.39 is 5.97 Å². The number of benzene rings is 1. The number of esters is 1. The van der Waals surface area contributed by atoms with Crippen LogP contribution in [-0.4, -0.2) is 57.1 Å². The fourth-order valence-electron chi connectivity index (χ4n) is 2.89. The molecule has 3 rings (SSSR count). The molecule has 2 aromatic heterocycles. The summed E-state index contributed by atoms with van der Waals surface area (Å²) in [6, 6.07) is 9.31. The Kier molecular flexibility index (Phi) is 6.06. The molecule has 0 saturated carbocycles. The van der Waals surface area contributed by atoms with Gasteiger partial charge in [0, 0.05) is 30.5 Å². The molecule has 0 saturated heterocycles. The maximum Gasteiger partial charge on any atom is 0.314 e. The minimum atomic E-state index is -0.575. The minimum Gasteiger partial charge on any atom is -0.496 e. The number of hydrogen-bond acceptors (Lipinski definition) is 7. The Morgan fingerprint density at radius 2 is 1.93 bits per heavy atom. The Balaban J connectivity index is 1.54. The van der Waals surface area contributed by atoms with Gasteiger partial charge in [-0.25, -0.2) is 9.50 Å². The van der Waals surface area contributed by atoms with Crippen molar-refractivity contribution in [3.8, 4) is 5.75 Å². The van der Waals surface area contributed by atoms with Gasteiger partial charge in [-0.05, 0) is 26.0 Å². The van der Waals surface area contributed by atoms with Gasteiger partial charge in [0.15, 0.2) is 12.4 Å². The molecule has 0 aliphatic carbocycles. The molecule has 0 radical (unpaired) electrons. The van der Waals surface area contributed by atoms with Crippen LogP contribution in [0.3, 0.4) is 0 Å². The third-order valence-corrected chi connectivity index (χ3v) is 4.35. The third kappa shape index (κ3) is 4.87. The van der Waals surface area contributed by atoms with E-state index >= 15 is 0 Å². The third-order valence-electron chi connectivity index (χ3n) is 4.35. The molecule has 0 N–H and O–H groups in total. The Bertz CT molecular complexity index is 1050. The molecule has 0 unspecified atom stereocenters.